The van der Waals surface area contributed by atoms with E-state index in [2.05, 4.69) is 9.97 Å². The van der Waals surface area contributed by atoms with Crippen LogP contribution in [0.4, 0.5) is 5.82 Å². The fourth-order valence-corrected chi connectivity index (χ4v) is 1.52. The molecule has 5 heteroatoms. The Bertz CT molecular complexity index is 316. The molecular formula is C10H15N3O2. The van der Waals surface area contributed by atoms with Crippen LogP contribution in [-0.4, -0.2) is 33.6 Å². The number of carboxylic acid groups (broad SMARTS) is 1. The van der Waals surface area contributed by atoms with Crippen molar-refractivity contribution in [2.24, 2.45) is 0 Å². The smallest absolute Gasteiger partial charge is 0.305 e. The van der Waals surface area contributed by atoms with Crippen LogP contribution < -0.4 is 4.90 Å². The minimum atomic E-state index is -0.796. The molecule has 0 aliphatic heterocycles. The van der Waals surface area contributed by atoms with Gasteiger partial charge in [-0.15, -0.1) is 0 Å². The van der Waals surface area contributed by atoms with Crippen LogP contribution in [0.15, 0.2) is 18.6 Å². The van der Waals surface area contributed by atoms with Gasteiger partial charge in [-0.3, -0.25) is 4.79 Å². The Morgan fingerprint density at radius 1 is 1.67 bits per heavy atom. The van der Waals surface area contributed by atoms with E-state index in [4.69, 9.17) is 5.11 Å². The van der Waals surface area contributed by atoms with Crippen LogP contribution >= 0.6 is 0 Å². The molecule has 0 saturated heterocycles. The first-order valence-corrected chi connectivity index (χ1v) is 4.89. The van der Waals surface area contributed by atoms with Gasteiger partial charge in [-0.25, -0.2) is 9.97 Å². The van der Waals surface area contributed by atoms with E-state index in [0.29, 0.717) is 0 Å². The van der Waals surface area contributed by atoms with Gasteiger partial charge in [-0.2, -0.15) is 0 Å². The van der Waals surface area contributed by atoms with Crippen LogP contribution in [0.25, 0.3) is 0 Å². The highest BCUT2D eigenvalue weighted by Gasteiger charge is 2.16. The van der Waals surface area contributed by atoms with Crippen molar-refractivity contribution in [1.29, 1.82) is 0 Å². The SMILES string of the molecule is CCN(c1ccncn1)C(C)CC(=O)O. The Morgan fingerprint density at radius 3 is 2.87 bits per heavy atom. The molecule has 1 aromatic heterocycles. The summed E-state index contributed by atoms with van der Waals surface area (Å²) in [6.45, 7) is 4.58. The molecule has 0 saturated carbocycles. The first-order valence-electron chi connectivity index (χ1n) is 4.89. The lowest BCUT2D eigenvalue weighted by molar-refractivity contribution is -0.137. The summed E-state index contributed by atoms with van der Waals surface area (Å²) in [4.78, 5) is 20.5. The van der Waals surface area contributed by atoms with Crippen molar-refractivity contribution in [2.45, 2.75) is 26.3 Å². The average molecular weight is 209 g/mol. The van der Waals surface area contributed by atoms with Gasteiger partial charge in [0.15, 0.2) is 0 Å². The van der Waals surface area contributed by atoms with E-state index in [-0.39, 0.29) is 12.5 Å². The molecule has 0 fully saturated rings. The van der Waals surface area contributed by atoms with Gasteiger partial charge in [0.1, 0.15) is 12.1 Å². The highest BCUT2D eigenvalue weighted by Crippen LogP contribution is 2.13. The van der Waals surface area contributed by atoms with E-state index in [1.807, 2.05) is 18.7 Å². The molecule has 0 spiro atoms. The van der Waals surface area contributed by atoms with E-state index < -0.39 is 5.97 Å². The first kappa shape index (κ1) is 11.4. The molecule has 0 bridgehead atoms. The Kier molecular flexibility index (Phi) is 4.03. The zero-order valence-corrected chi connectivity index (χ0v) is 8.92. The molecular weight excluding hydrogens is 194 g/mol. The number of rotatable bonds is 5. The second kappa shape index (κ2) is 5.29. The highest BCUT2D eigenvalue weighted by atomic mass is 16.4. The lowest BCUT2D eigenvalue weighted by atomic mass is 10.2. The standard InChI is InChI=1S/C10H15N3O2/c1-3-13(8(2)6-10(14)15)9-4-5-11-7-12-9/h4-5,7-8H,3,6H2,1-2H3,(H,14,15). The van der Waals surface area contributed by atoms with Gasteiger partial charge in [0.25, 0.3) is 0 Å². The molecule has 5 nitrogen and oxygen atoms in total. The number of nitrogens with zero attached hydrogens (tertiary/aromatic N) is 3. The largest absolute Gasteiger partial charge is 0.481 e. The van der Waals surface area contributed by atoms with Crippen molar-refractivity contribution in [2.75, 3.05) is 11.4 Å². The molecule has 1 atom stereocenters. The lowest BCUT2D eigenvalue weighted by Gasteiger charge is -2.27. The lowest BCUT2D eigenvalue weighted by Crippen LogP contribution is -2.35. The summed E-state index contributed by atoms with van der Waals surface area (Å²) in [5, 5.41) is 8.72. The molecule has 15 heavy (non-hydrogen) atoms. The predicted octanol–water partition coefficient (Wildman–Crippen LogP) is 1.17. The van der Waals surface area contributed by atoms with Crippen LogP contribution in [0, 0.1) is 0 Å². The Hall–Kier alpha value is -1.65. The molecule has 1 N–H and O–H groups in total. The summed E-state index contributed by atoms with van der Waals surface area (Å²) in [6, 6.07) is 1.71. The maximum absolute atomic E-state index is 10.6. The van der Waals surface area contributed by atoms with Crippen molar-refractivity contribution in [3.05, 3.63) is 18.6 Å². The van der Waals surface area contributed by atoms with Gasteiger partial charge in [0, 0.05) is 18.8 Å². The quantitative estimate of drug-likeness (QED) is 0.788. The molecule has 1 rings (SSSR count). The summed E-state index contributed by atoms with van der Waals surface area (Å²) < 4.78 is 0. The summed E-state index contributed by atoms with van der Waals surface area (Å²) >= 11 is 0. The van der Waals surface area contributed by atoms with Crippen molar-refractivity contribution in [3.63, 3.8) is 0 Å². The molecule has 0 amide bonds. The molecule has 0 aliphatic carbocycles. The number of aromatic nitrogens is 2. The topological polar surface area (TPSA) is 66.3 Å². The molecule has 0 aromatic carbocycles. The second-order valence-corrected chi connectivity index (χ2v) is 3.30. The third-order valence-electron chi connectivity index (χ3n) is 2.20. The average Bonchev–Trinajstić information content (AvgIpc) is 2.19. The maximum Gasteiger partial charge on any atom is 0.305 e. The predicted molar refractivity (Wildman–Crippen MR) is 56.8 cm³/mol. The number of anilines is 1. The Morgan fingerprint density at radius 2 is 2.40 bits per heavy atom. The molecule has 82 valence electrons. The van der Waals surface area contributed by atoms with E-state index in [9.17, 15) is 4.79 Å². The number of hydrogen-bond acceptors (Lipinski definition) is 4. The first-order chi connectivity index (χ1) is 7.15. The Labute approximate surface area is 88.8 Å². The zero-order chi connectivity index (χ0) is 11.3. The van der Waals surface area contributed by atoms with Crippen molar-refractivity contribution >= 4 is 11.8 Å². The van der Waals surface area contributed by atoms with Crippen LogP contribution in [0.1, 0.15) is 20.3 Å². The maximum atomic E-state index is 10.6. The van der Waals surface area contributed by atoms with Crippen molar-refractivity contribution in [1.82, 2.24) is 9.97 Å². The van der Waals surface area contributed by atoms with E-state index in [0.717, 1.165) is 12.4 Å². The van der Waals surface area contributed by atoms with Crippen LogP contribution in [0.5, 0.6) is 0 Å². The minimum Gasteiger partial charge on any atom is -0.481 e. The van der Waals surface area contributed by atoms with Crippen molar-refractivity contribution < 1.29 is 9.90 Å². The number of aliphatic carboxylic acids is 1. The van der Waals surface area contributed by atoms with Gasteiger partial charge in [0.2, 0.25) is 0 Å². The molecule has 1 heterocycles. The van der Waals surface area contributed by atoms with Crippen LogP contribution in [0.3, 0.4) is 0 Å². The minimum absolute atomic E-state index is 0.0672. The Balaban J connectivity index is 2.75. The van der Waals surface area contributed by atoms with Crippen LogP contribution in [-0.2, 0) is 4.79 Å². The van der Waals surface area contributed by atoms with Crippen LogP contribution in [0.2, 0.25) is 0 Å². The number of carbonyl (C=O) groups is 1. The van der Waals surface area contributed by atoms with Crippen molar-refractivity contribution in [3.8, 4) is 0 Å². The molecule has 0 radical (unpaired) electrons. The molecule has 0 aliphatic rings. The summed E-state index contributed by atoms with van der Waals surface area (Å²) in [7, 11) is 0. The third kappa shape index (κ3) is 3.19. The van der Waals surface area contributed by atoms with Gasteiger partial charge >= 0.3 is 5.97 Å². The zero-order valence-electron chi connectivity index (χ0n) is 8.92. The van der Waals surface area contributed by atoms with E-state index in [1.165, 1.54) is 6.33 Å². The highest BCUT2D eigenvalue weighted by molar-refractivity contribution is 5.68. The summed E-state index contributed by atoms with van der Waals surface area (Å²) in [6.07, 6.45) is 3.22. The fraction of sp³-hybridized carbons (Fsp3) is 0.500. The second-order valence-electron chi connectivity index (χ2n) is 3.30. The summed E-state index contributed by atoms with van der Waals surface area (Å²) in [5.41, 5.74) is 0. The normalized spacial score (nSPS) is 12.1. The van der Waals surface area contributed by atoms with Gasteiger partial charge < -0.3 is 10.0 Å². The van der Waals surface area contributed by atoms with E-state index >= 15 is 0 Å². The summed E-state index contributed by atoms with van der Waals surface area (Å²) in [5.74, 6) is -0.0312. The van der Waals surface area contributed by atoms with Gasteiger partial charge in [-0.1, -0.05) is 0 Å². The number of carboxylic acids is 1. The fourth-order valence-electron chi connectivity index (χ4n) is 1.52. The van der Waals surface area contributed by atoms with E-state index in [1.54, 1.807) is 12.3 Å². The third-order valence-corrected chi connectivity index (χ3v) is 2.20. The van der Waals surface area contributed by atoms with Gasteiger partial charge in [0.05, 0.1) is 6.42 Å². The molecule has 1 unspecified atom stereocenters. The van der Waals surface area contributed by atoms with Gasteiger partial charge in [-0.05, 0) is 19.9 Å². The molecule has 1 aromatic rings. The monoisotopic (exact) mass is 209 g/mol. The number of hydrogen-bond donors (Lipinski definition) is 1.